The fourth-order valence-corrected chi connectivity index (χ4v) is 2.44. The first-order valence-electron chi connectivity index (χ1n) is 6.05. The van der Waals surface area contributed by atoms with Crippen LogP contribution in [0, 0.1) is 0 Å². The van der Waals surface area contributed by atoms with E-state index in [-0.39, 0.29) is 5.78 Å². The van der Waals surface area contributed by atoms with Gasteiger partial charge in [0.05, 0.1) is 7.11 Å². The normalized spacial score (nSPS) is 23.1. The minimum atomic E-state index is -0.646. The second kappa shape index (κ2) is 5.29. The lowest BCUT2D eigenvalue weighted by Crippen LogP contribution is -2.35. The zero-order chi connectivity index (χ0) is 13.2. The largest absolute Gasteiger partial charge is 0.496 e. The van der Waals surface area contributed by atoms with Crippen LogP contribution in [0.2, 0.25) is 5.02 Å². The average molecular weight is 269 g/mol. The molecule has 98 valence electrons. The number of benzene rings is 1. The molecule has 0 spiro atoms. The molecule has 1 aliphatic heterocycles. The second-order valence-electron chi connectivity index (χ2n) is 4.74. The molecule has 18 heavy (non-hydrogen) atoms. The van der Waals surface area contributed by atoms with E-state index in [0.29, 0.717) is 23.8 Å². The summed E-state index contributed by atoms with van der Waals surface area (Å²) in [5.41, 5.74) is 0.166. The lowest BCUT2D eigenvalue weighted by Gasteiger charge is -2.21. The highest BCUT2D eigenvalue weighted by atomic mass is 35.5. The first kappa shape index (κ1) is 13.4. The predicted molar refractivity (Wildman–Crippen MR) is 70.3 cm³/mol. The maximum Gasteiger partial charge on any atom is 0.168 e. The molecular formula is C14H17ClO3. The van der Waals surface area contributed by atoms with E-state index >= 15 is 0 Å². The maximum atomic E-state index is 12.3. The van der Waals surface area contributed by atoms with Gasteiger partial charge >= 0.3 is 0 Å². The number of rotatable bonds is 4. The van der Waals surface area contributed by atoms with Crippen LogP contribution >= 0.6 is 11.6 Å². The Kier molecular flexibility index (Phi) is 3.93. The van der Waals surface area contributed by atoms with Crippen molar-refractivity contribution in [2.24, 2.45) is 0 Å². The Morgan fingerprint density at radius 1 is 1.56 bits per heavy atom. The monoisotopic (exact) mass is 268 g/mol. The molecular weight excluding hydrogens is 252 g/mol. The van der Waals surface area contributed by atoms with Gasteiger partial charge in [-0.15, -0.1) is 0 Å². The molecule has 0 amide bonds. The standard InChI is InChI=1S/C14H17ClO3/c1-14(6-3-7-18-14)13(16)9-10-8-11(15)4-5-12(10)17-2/h4-5,8H,3,6-7,9H2,1-2H3. The smallest absolute Gasteiger partial charge is 0.168 e. The molecule has 0 aromatic heterocycles. The Morgan fingerprint density at radius 3 is 2.94 bits per heavy atom. The molecule has 4 heteroatoms. The van der Waals surface area contributed by atoms with Crippen LogP contribution in [0.3, 0.4) is 0 Å². The Labute approximate surface area is 112 Å². The van der Waals surface area contributed by atoms with Gasteiger partial charge in [0, 0.05) is 23.6 Å². The van der Waals surface area contributed by atoms with Crippen molar-refractivity contribution in [3.05, 3.63) is 28.8 Å². The summed E-state index contributed by atoms with van der Waals surface area (Å²) in [6, 6.07) is 5.31. The quantitative estimate of drug-likeness (QED) is 0.842. The van der Waals surface area contributed by atoms with E-state index in [2.05, 4.69) is 0 Å². The minimum Gasteiger partial charge on any atom is -0.496 e. The first-order valence-corrected chi connectivity index (χ1v) is 6.42. The summed E-state index contributed by atoms with van der Waals surface area (Å²) >= 11 is 5.95. The summed E-state index contributed by atoms with van der Waals surface area (Å²) in [5.74, 6) is 0.773. The van der Waals surface area contributed by atoms with Crippen molar-refractivity contribution in [3.8, 4) is 5.75 Å². The Hall–Kier alpha value is -1.06. The molecule has 1 aromatic carbocycles. The average Bonchev–Trinajstić information content (AvgIpc) is 2.78. The van der Waals surface area contributed by atoms with E-state index in [1.807, 2.05) is 6.92 Å². The number of ketones is 1. The summed E-state index contributed by atoms with van der Waals surface area (Å²) in [7, 11) is 1.59. The van der Waals surface area contributed by atoms with Crippen molar-refractivity contribution in [1.82, 2.24) is 0 Å². The van der Waals surface area contributed by atoms with Crippen molar-refractivity contribution in [2.75, 3.05) is 13.7 Å². The lowest BCUT2D eigenvalue weighted by atomic mass is 9.92. The van der Waals surface area contributed by atoms with Crippen molar-refractivity contribution in [2.45, 2.75) is 31.8 Å². The van der Waals surface area contributed by atoms with Gasteiger partial charge in [-0.3, -0.25) is 4.79 Å². The zero-order valence-electron chi connectivity index (χ0n) is 10.7. The number of halogens is 1. The lowest BCUT2D eigenvalue weighted by molar-refractivity contribution is -0.136. The molecule has 1 unspecified atom stereocenters. The molecule has 1 aliphatic rings. The van der Waals surface area contributed by atoms with Crippen LogP contribution < -0.4 is 4.74 Å². The van der Waals surface area contributed by atoms with Gasteiger partial charge in [-0.1, -0.05) is 11.6 Å². The summed E-state index contributed by atoms with van der Waals surface area (Å²) in [5, 5.41) is 0.607. The number of carbonyl (C=O) groups is 1. The number of carbonyl (C=O) groups excluding carboxylic acids is 1. The first-order chi connectivity index (χ1) is 8.55. The van der Waals surface area contributed by atoms with Crippen LogP contribution in [0.1, 0.15) is 25.3 Å². The van der Waals surface area contributed by atoms with Gasteiger partial charge in [0.2, 0.25) is 0 Å². The third-order valence-electron chi connectivity index (χ3n) is 3.40. The second-order valence-corrected chi connectivity index (χ2v) is 5.18. The zero-order valence-corrected chi connectivity index (χ0v) is 11.4. The van der Waals surface area contributed by atoms with Crippen molar-refractivity contribution in [1.29, 1.82) is 0 Å². The van der Waals surface area contributed by atoms with Crippen molar-refractivity contribution < 1.29 is 14.3 Å². The molecule has 1 fully saturated rings. The van der Waals surface area contributed by atoms with Gasteiger partial charge in [0.1, 0.15) is 11.4 Å². The highest BCUT2D eigenvalue weighted by molar-refractivity contribution is 6.30. The summed E-state index contributed by atoms with van der Waals surface area (Å²) < 4.78 is 10.8. The van der Waals surface area contributed by atoms with E-state index in [1.54, 1.807) is 25.3 Å². The van der Waals surface area contributed by atoms with Crippen LogP contribution in [0.25, 0.3) is 0 Å². The van der Waals surface area contributed by atoms with E-state index in [0.717, 1.165) is 18.4 Å². The summed E-state index contributed by atoms with van der Waals surface area (Å²) in [4.78, 5) is 12.3. The fourth-order valence-electron chi connectivity index (χ4n) is 2.24. The van der Waals surface area contributed by atoms with Crippen molar-refractivity contribution in [3.63, 3.8) is 0 Å². The van der Waals surface area contributed by atoms with Gasteiger partial charge in [0.15, 0.2) is 5.78 Å². The molecule has 3 nitrogen and oxygen atoms in total. The van der Waals surface area contributed by atoms with Gasteiger partial charge in [-0.05, 0) is 38.0 Å². The molecule has 0 radical (unpaired) electrons. The maximum absolute atomic E-state index is 12.3. The highest BCUT2D eigenvalue weighted by Gasteiger charge is 2.37. The van der Waals surface area contributed by atoms with Crippen molar-refractivity contribution >= 4 is 17.4 Å². The fraction of sp³-hybridized carbons (Fsp3) is 0.500. The Morgan fingerprint density at radius 2 is 2.33 bits per heavy atom. The van der Waals surface area contributed by atoms with Crippen LogP contribution in [-0.2, 0) is 16.0 Å². The molecule has 0 saturated carbocycles. The van der Waals surface area contributed by atoms with Crippen LogP contribution in [0.15, 0.2) is 18.2 Å². The Balaban J connectivity index is 2.18. The van der Waals surface area contributed by atoms with E-state index in [1.165, 1.54) is 0 Å². The van der Waals surface area contributed by atoms with Crippen LogP contribution in [-0.4, -0.2) is 25.1 Å². The van der Waals surface area contributed by atoms with Gasteiger partial charge in [0.25, 0.3) is 0 Å². The molecule has 1 heterocycles. The SMILES string of the molecule is COc1ccc(Cl)cc1CC(=O)C1(C)CCCO1. The predicted octanol–water partition coefficient (Wildman–Crippen LogP) is 3.03. The molecule has 1 aromatic rings. The van der Waals surface area contributed by atoms with Gasteiger partial charge in [-0.25, -0.2) is 0 Å². The molecule has 1 atom stereocenters. The highest BCUT2D eigenvalue weighted by Crippen LogP contribution is 2.30. The summed E-state index contributed by atoms with van der Waals surface area (Å²) in [6.07, 6.45) is 2.02. The number of ether oxygens (including phenoxy) is 2. The Bertz CT molecular complexity index is 450. The molecule has 0 aliphatic carbocycles. The van der Waals surface area contributed by atoms with E-state index in [9.17, 15) is 4.79 Å². The molecule has 0 bridgehead atoms. The van der Waals surface area contributed by atoms with E-state index in [4.69, 9.17) is 21.1 Å². The third kappa shape index (κ3) is 2.68. The topological polar surface area (TPSA) is 35.5 Å². The van der Waals surface area contributed by atoms with Gasteiger partial charge in [-0.2, -0.15) is 0 Å². The molecule has 2 rings (SSSR count). The summed E-state index contributed by atoms with van der Waals surface area (Å²) in [6.45, 7) is 2.52. The third-order valence-corrected chi connectivity index (χ3v) is 3.64. The minimum absolute atomic E-state index is 0.0839. The number of hydrogen-bond donors (Lipinski definition) is 0. The molecule has 0 N–H and O–H groups in total. The molecule has 1 saturated heterocycles. The van der Waals surface area contributed by atoms with Gasteiger partial charge < -0.3 is 9.47 Å². The van der Waals surface area contributed by atoms with E-state index < -0.39 is 5.60 Å². The number of methoxy groups -OCH3 is 1. The van der Waals surface area contributed by atoms with Crippen LogP contribution in [0.5, 0.6) is 5.75 Å². The van der Waals surface area contributed by atoms with Crippen LogP contribution in [0.4, 0.5) is 0 Å². The number of Topliss-reactive ketones (excluding diaryl/α,β-unsaturated/α-hetero) is 1. The number of hydrogen-bond acceptors (Lipinski definition) is 3.